The molecule has 0 spiro atoms. The first-order valence-electron chi connectivity index (χ1n) is 9.58. The van der Waals surface area contributed by atoms with Crippen LogP contribution in [0.2, 0.25) is 0 Å². The van der Waals surface area contributed by atoms with Crippen LogP contribution in [0.5, 0.6) is 0 Å². The molecule has 4 N–H and O–H groups in total. The molecule has 0 aliphatic heterocycles. The van der Waals surface area contributed by atoms with Crippen LogP contribution in [-0.2, 0) is 19.4 Å². The average molecular weight is 436 g/mol. The van der Waals surface area contributed by atoms with E-state index in [-0.39, 0.29) is 42.0 Å². The number of aliphatic hydroxyl groups is 1. The van der Waals surface area contributed by atoms with Gasteiger partial charge in [-0.25, -0.2) is 8.42 Å². The first-order chi connectivity index (χ1) is 14.2. The quantitative estimate of drug-likeness (QED) is 0.454. The van der Waals surface area contributed by atoms with E-state index >= 15 is 0 Å². The van der Waals surface area contributed by atoms with E-state index < -0.39 is 33.8 Å². The van der Waals surface area contributed by atoms with Crippen molar-refractivity contribution < 1.29 is 27.6 Å². The molecule has 2 aromatic rings. The van der Waals surface area contributed by atoms with E-state index in [1.54, 1.807) is 24.3 Å². The monoisotopic (exact) mass is 436 g/mol. The summed E-state index contributed by atoms with van der Waals surface area (Å²) >= 11 is 0. The SMILES string of the molecule is NC(=O)CC(NC(=O)CCS(=O)(=O)CC1CC1)C(O)c1noc(-c2ccccc2)n1. The van der Waals surface area contributed by atoms with Gasteiger partial charge in [0.05, 0.1) is 17.5 Å². The molecule has 1 heterocycles. The predicted octanol–water partition coefficient (Wildman–Crippen LogP) is 0.345. The van der Waals surface area contributed by atoms with Gasteiger partial charge in [-0.3, -0.25) is 9.59 Å². The van der Waals surface area contributed by atoms with Crippen molar-refractivity contribution in [2.75, 3.05) is 11.5 Å². The van der Waals surface area contributed by atoms with Crippen LogP contribution in [0.15, 0.2) is 34.9 Å². The Bertz CT molecular complexity index is 987. The average Bonchev–Trinajstić information content (AvgIpc) is 3.36. The second kappa shape index (κ2) is 9.35. The smallest absolute Gasteiger partial charge is 0.258 e. The minimum atomic E-state index is -3.33. The van der Waals surface area contributed by atoms with Gasteiger partial charge in [-0.1, -0.05) is 23.4 Å². The number of nitrogens with one attached hydrogen (secondary N) is 1. The van der Waals surface area contributed by atoms with Crippen molar-refractivity contribution in [1.82, 2.24) is 15.5 Å². The van der Waals surface area contributed by atoms with Gasteiger partial charge in [0.15, 0.2) is 9.84 Å². The predicted molar refractivity (Wildman–Crippen MR) is 106 cm³/mol. The molecule has 2 atom stereocenters. The van der Waals surface area contributed by atoms with E-state index in [0.717, 1.165) is 12.8 Å². The maximum atomic E-state index is 12.2. The summed E-state index contributed by atoms with van der Waals surface area (Å²) in [5.41, 5.74) is 5.86. The molecule has 0 bridgehead atoms. The molecule has 2 unspecified atom stereocenters. The van der Waals surface area contributed by atoms with Gasteiger partial charge in [-0.2, -0.15) is 4.98 Å². The number of benzene rings is 1. The fourth-order valence-electron chi connectivity index (χ4n) is 2.95. The zero-order valence-electron chi connectivity index (χ0n) is 16.2. The Hall–Kier alpha value is -2.79. The molecule has 1 aliphatic rings. The van der Waals surface area contributed by atoms with Crippen molar-refractivity contribution in [2.24, 2.45) is 11.7 Å². The summed E-state index contributed by atoms with van der Waals surface area (Å²) in [4.78, 5) is 27.8. The molecule has 1 aromatic heterocycles. The van der Waals surface area contributed by atoms with Crippen molar-refractivity contribution in [2.45, 2.75) is 37.8 Å². The van der Waals surface area contributed by atoms with Crippen molar-refractivity contribution in [1.29, 1.82) is 0 Å². The molecule has 1 aromatic carbocycles. The third-order valence-corrected chi connectivity index (χ3v) is 6.51. The highest BCUT2D eigenvalue weighted by Gasteiger charge is 2.31. The lowest BCUT2D eigenvalue weighted by molar-refractivity contribution is -0.123. The number of rotatable bonds is 11. The highest BCUT2D eigenvalue weighted by atomic mass is 32.2. The van der Waals surface area contributed by atoms with Crippen LogP contribution in [-0.4, -0.2) is 53.0 Å². The van der Waals surface area contributed by atoms with Crippen LogP contribution in [0.1, 0.15) is 37.6 Å². The molecule has 3 rings (SSSR count). The Labute approximate surface area is 173 Å². The summed E-state index contributed by atoms with van der Waals surface area (Å²) in [5, 5.41) is 16.7. The molecule has 0 saturated heterocycles. The maximum Gasteiger partial charge on any atom is 0.258 e. The number of hydrogen-bond donors (Lipinski definition) is 3. The summed E-state index contributed by atoms with van der Waals surface area (Å²) in [6, 6.07) is 7.75. The van der Waals surface area contributed by atoms with Gasteiger partial charge in [-0.15, -0.1) is 0 Å². The number of aliphatic hydroxyl groups excluding tert-OH is 1. The summed E-state index contributed by atoms with van der Waals surface area (Å²) in [5.74, 6) is -1.35. The minimum absolute atomic E-state index is 0.0821. The molecule has 2 amide bonds. The van der Waals surface area contributed by atoms with E-state index in [1.807, 2.05) is 6.07 Å². The van der Waals surface area contributed by atoms with E-state index in [9.17, 15) is 23.1 Å². The lowest BCUT2D eigenvalue weighted by Gasteiger charge is -2.20. The number of nitrogens with two attached hydrogens (primary N) is 1. The van der Waals surface area contributed by atoms with Crippen LogP contribution < -0.4 is 11.1 Å². The molecule has 1 fully saturated rings. The largest absolute Gasteiger partial charge is 0.383 e. The van der Waals surface area contributed by atoms with Crippen LogP contribution in [0.4, 0.5) is 0 Å². The third-order valence-electron chi connectivity index (χ3n) is 4.70. The van der Waals surface area contributed by atoms with Gasteiger partial charge in [-0.05, 0) is 30.9 Å². The molecular formula is C19H24N4O6S. The topological polar surface area (TPSA) is 165 Å². The summed E-state index contributed by atoms with van der Waals surface area (Å²) in [6.07, 6.45) is -0.331. The number of sulfone groups is 1. The number of carbonyl (C=O) groups is 2. The summed E-state index contributed by atoms with van der Waals surface area (Å²) in [7, 11) is -3.33. The van der Waals surface area contributed by atoms with Gasteiger partial charge in [0, 0.05) is 18.4 Å². The van der Waals surface area contributed by atoms with Gasteiger partial charge in [0.25, 0.3) is 5.89 Å². The van der Waals surface area contributed by atoms with Crippen LogP contribution in [0.3, 0.4) is 0 Å². The lowest BCUT2D eigenvalue weighted by atomic mass is 10.1. The molecule has 1 aliphatic carbocycles. The Morgan fingerprint density at radius 1 is 1.27 bits per heavy atom. The molecule has 0 radical (unpaired) electrons. The Kier molecular flexibility index (Phi) is 6.83. The highest BCUT2D eigenvalue weighted by molar-refractivity contribution is 7.91. The Balaban J connectivity index is 1.63. The molecule has 1 saturated carbocycles. The molecular weight excluding hydrogens is 412 g/mol. The van der Waals surface area contributed by atoms with Gasteiger partial charge >= 0.3 is 0 Å². The molecule has 11 heteroatoms. The third kappa shape index (κ3) is 6.36. The second-order valence-electron chi connectivity index (χ2n) is 7.42. The number of amides is 2. The zero-order chi connectivity index (χ0) is 21.7. The molecule has 30 heavy (non-hydrogen) atoms. The molecule has 162 valence electrons. The summed E-state index contributed by atoms with van der Waals surface area (Å²) in [6.45, 7) is 0. The van der Waals surface area contributed by atoms with Gasteiger partial charge < -0.3 is 20.7 Å². The maximum absolute atomic E-state index is 12.2. The number of nitrogens with zero attached hydrogens (tertiary/aromatic N) is 2. The lowest BCUT2D eigenvalue weighted by Crippen LogP contribution is -2.42. The van der Waals surface area contributed by atoms with Crippen molar-refractivity contribution >= 4 is 21.7 Å². The minimum Gasteiger partial charge on any atom is -0.383 e. The van der Waals surface area contributed by atoms with Gasteiger partial charge in [0.2, 0.25) is 17.6 Å². The second-order valence-corrected chi connectivity index (χ2v) is 9.65. The number of carbonyl (C=O) groups excluding carboxylic acids is 2. The Morgan fingerprint density at radius 3 is 2.60 bits per heavy atom. The van der Waals surface area contributed by atoms with Crippen LogP contribution in [0.25, 0.3) is 11.5 Å². The first kappa shape index (κ1) is 21.9. The van der Waals surface area contributed by atoms with Crippen molar-refractivity contribution in [3.05, 3.63) is 36.2 Å². The molecule has 10 nitrogen and oxygen atoms in total. The number of primary amides is 1. The number of hydrogen-bond acceptors (Lipinski definition) is 8. The standard InChI is InChI=1S/C19H24N4O6S/c20-15(24)10-14(21-16(25)8-9-30(27,28)11-12-6-7-12)17(26)18-22-19(29-23-18)13-4-2-1-3-5-13/h1-5,12,14,17,26H,6-11H2,(H2,20,24)(H,21,25). The zero-order valence-corrected chi connectivity index (χ0v) is 17.0. The van der Waals surface area contributed by atoms with Crippen molar-refractivity contribution in [3.8, 4) is 11.5 Å². The number of aromatic nitrogens is 2. The van der Waals surface area contributed by atoms with E-state index in [2.05, 4.69) is 15.5 Å². The Morgan fingerprint density at radius 2 is 1.97 bits per heavy atom. The fourth-order valence-corrected chi connectivity index (χ4v) is 4.66. The normalized spacial score (nSPS) is 16.0. The summed E-state index contributed by atoms with van der Waals surface area (Å²) < 4.78 is 29.1. The van der Waals surface area contributed by atoms with Crippen molar-refractivity contribution in [3.63, 3.8) is 0 Å². The highest BCUT2D eigenvalue weighted by Crippen LogP contribution is 2.30. The first-order valence-corrected chi connectivity index (χ1v) is 11.4. The van der Waals surface area contributed by atoms with E-state index in [4.69, 9.17) is 10.3 Å². The fraction of sp³-hybridized carbons (Fsp3) is 0.474. The van der Waals surface area contributed by atoms with Crippen LogP contribution in [0, 0.1) is 5.92 Å². The van der Waals surface area contributed by atoms with Crippen LogP contribution >= 0.6 is 0 Å². The van der Waals surface area contributed by atoms with Gasteiger partial charge in [0.1, 0.15) is 6.10 Å². The van der Waals surface area contributed by atoms with E-state index in [1.165, 1.54) is 0 Å². The van der Waals surface area contributed by atoms with E-state index in [0.29, 0.717) is 5.56 Å².